The average Bonchev–Trinajstić information content (AvgIpc) is 3.09. The van der Waals surface area contributed by atoms with Crippen molar-refractivity contribution in [2.24, 2.45) is 0 Å². The monoisotopic (exact) mass is 298 g/mol. The van der Waals surface area contributed by atoms with Crippen LogP contribution < -0.4 is 0 Å². The number of hydrogen-bond donors (Lipinski definition) is 0. The number of fused-ring (bicyclic) bond motifs is 2. The van der Waals surface area contributed by atoms with E-state index >= 15 is 0 Å². The summed E-state index contributed by atoms with van der Waals surface area (Å²) in [5.74, 6) is -0.536. The number of halogens is 2. The lowest BCUT2D eigenvalue weighted by molar-refractivity contribution is 0.0512. The lowest BCUT2D eigenvalue weighted by atomic mass is 9.88. The van der Waals surface area contributed by atoms with Gasteiger partial charge < -0.3 is 9.47 Å². The van der Waals surface area contributed by atoms with Gasteiger partial charge in [-0.15, -0.1) is 0 Å². The molecule has 2 fully saturated rings. The molecule has 21 heavy (non-hydrogen) atoms. The van der Waals surface area contributed by atoms with E-state index in [1.54, 1.807) is 6.92 Å². The number of aromatic nitrogens is 2. The Kier molecular flexibility index (Phi) is 3.84. The van der Waals surface area contributed by atoms with Crippen molar-refractivity contribution in [3.63, 3.8) is 0 Å². The van der Waals surface area contributed by atoms with E-state index in [4.69, 9.17) is 9.47 Å². The normalized spacial score (nSPS) is 27.3. The van der Waals surface area contributed by atoms with Gasteiger partial charge in [0.25, 0.3) is 6.43 Å². The Labute approximate surface area is 120 Å². The summed E-state index contributed by atoms with van der Waals surface area (Å²) in [7, 11) is 0. The Balaban J connectivity index is 1.90. The van der Waals surface area contributed by atoms with Crippen LogP contribution in [0, 0.1) is 0 Å². The van der Waals surface area contributed by atoms with E-state index in [0.29, 0.717) is 5.82 Å². The largest absolute Gasteiger partial charge is 0.462 e. The summed E-state index contributed by atoms with van der Waals surface area (Å²) in [5.41, 5.74) is -0.819. The Morgan fingerprint density at radius 3 is 2.90 bits per heavy atom. The fourth-order valence-corrected chi connectivity index (χ4v) is 3.03. The van der Waals surface area contributed by atoms with Crippen LogP contribution in [0.1, 0.15) is 60.4 Å². The quantitative estimate of drug-likeness (QED) is 0.800. The van der Waals surface area contributed by atoms with E-state index in [1.165, 1.54) is 0 Å². The summed E-state index contributed by atoms with van der Waals surface area (Å²) >= 11 is 0. The number of carbonyl (C=O) groups excluding carboxylic acids is 1. The topological polar surface area (TPSA) is 61.3 Å². The van der Waals surface area contributed by atoms with Gasteiger partial charge in [-0.2, -0.15) is 0 Å². The first-order chi connectivity index (χ1) is 10.1. The number of carbonyl (C=O) groups is 1. The first kappa shape index (κ1) is 14.3. The van der Waals surface area contributed by atoms with Crippen molar-refractivity contribution in [3.05, 3.63) is 23.3 Å². The van der Waals surface area contributed by atoms with Gasteiger partial charge in [0, 0.05) is 12.1 Å². The molecule has 3 heterocycles. The molecule has 0 amide bonds. The van der Waals surface area contributed by atoms with Crippen molar-refractivity contribution >= 4 is 5.97 Å². The molecule has 0 aliphatic carbocycles. The molecular formula is C14H16F2N2O3. The minimum Gasteiger partial charge on any atom is -0.462 e. The predicted octanol–water partition coefficient (Wildman–Crippen LogP) is 2.63. The maximum Gasteiger partial charge on any atom is 0.341 e. The zero-order chi connectivity index (χ0) is 15.0. The SMILES string of the molecule is CCOC(=O)c1cnc(C2CC3CCC2O3)nc1C(F)F. The molecule has 0 aromatic carbocycles. The molecule has 2 aliphatic heterocycles. The summed E-state index contributed by atoms with van der Waals surface area (Å²) in [5, 5.41) is 0. The van der Waals surface area contributed by atoms with E-state index in [-0.39, 0.29) is 30.3 Å². The number of ether oxygens (including phenoxy) is 2. The second-order valence-corrected chi connectivity index (χ2v) is 5.26. The summed E-state index contributed by atoms with van der Waals surface area (Å²) in [6.07, 6.45) is 1.16. The first-order valence-corrected chi connectivity index (χ1v) is 7.07. The standard InChI is InChI=1S/C14H16F2N2O3/c1-2-20-14(19)9-6-17-13(18-11(9)12(15)16)8-5-7-3-4-10(8)21-7/h6-8,10,12H,2-5H2,1H3. The molecule has 1 aromatic rings. The summed E-state index contributed by atoms with van der Waals surface area (Å²) in [6, 6.07) is 0. The van der Waals surface area contributed by atoms with Crippen LogP contribution in [0.2, 0.25) is 0 Å². The van der Waals surface area contributed by atoms with Crippen LogP contribution in [0.3, 0.4) is 0 Å². The fourth-order valence-electron chi connectivity index (χ4n) is 3.03. The molecule has 0 N–H and O–H groups in total. The molecule has 3 unspecified atom stereocenters. The van der Waals surface area contributed by atoms with Crippen molar-refractivity contribution in [1.82, 2.24) is 9.97 Å². The van der Waals surface area contributed by atoms with E-state index in [9.17, 15) is 13.6 Å². The maximum atomic E-state index is 13.2. The minimum absolute atomic E-state index is 0.00830. The van der Waals surface area contributed by atoms with Crippen LogP contribution in [0.25, 0.3) is 0 Å². The lowest BCUT2D eigenvalue weighted by Gasteiger charge is -2.18. The molecule has 7 heteroatoms. The van der Waals surface area contributed by atoms with Gasteiger partial charge in [-0.25, -0.2) is 23.5 Å². The number of hydrogen-bond acceptors (Lipinski definition) is 5. The Morgan fingerprint density at radius 1 is 1.52 bits per heavy atom. The van der Waals surface area contributed by atoms with Gasteiger partial charge >= 0.3 is 5.97 Å². The van der Waals surface area contributed by atoms with Crippen LogP contribution in [0.15, 0.2) is 6.20 Å². The van der Waals surface area contributed by atoms with E-state index in [2.05, 4.69) is 9.97 Å². The van der Waals surface area contributed by atoms with Crippen molar-refractivity contribution in [3.8, 4) is 0 Å². The number of nitrogens with zero attached hydrogens (tertiary/aromatic N) is 2. The predicted molar refractivity (Wildman–Crippen MR) is 68.2 cm³/mol. The summed E-state index contributed by atoms with van der Waals surface area (Å²) in [6.45, 7) is 1.73. The summed E-state index contributed by atoms with van der Waals surface area (Å²) < 4.78 is 36.8. The molecule has 114 valence electrons. The Bertz CT molecular complexity index is 553. The third kappa shape index (κ3) is 2.62. The molecule has 3 rings (SSSR count). The van der Waals surface area contributed by atoms with Gasteiger partial charge in [-0.1, -0.05) is 0 Å². The molecule has 2 aliphatic rings. The zero-order valence-corrected chi connectivity index (χ0v) is 11.6. The Hall–Kier alpha value is -1.63. The second kappa shape index (κ2) is 5.63. The number of alkyl halides is 2. The molecule has 5 nitrogen and oxygen atoms in total. The van der Waals surface area contributed by atoms with Crippen molar-refractivity contribution in [1.29, 1.82) is 0 Å². The zero-order valence-electron chi connectivity index (χ0n) is 11.6. The van der Waals surface area contributed by atoms with Gasteiger partial charge in [-0.3, -0.25) is 0 Å². The van der Waals surface area contributed by atoms with Gasteiger partial charge in [0.15, 0.2) is 0 Å². The highest BCUT2D eigenvalue weighted by molar-refractivity contribution is 5.90. The van der Waals surface area contributed by atoms with E-state index in [1.807, 2.05) is 0 Å². The van der Waals surface area contributed by atoms with Crippen LogP contribution >= 0.6 is 0 Å². The third-order valence-electron chi connectivity index (χ3n) is 3.98. The van der Waals surface area contributed by atoms with Gasteiger partial charge in [-0.05, 0) is 26.2 Å². The summed E-state index contributed by atoms with van der Waals surface area (Å²) in [4.78, 5) is 19.7. The van der Waals surface area contributed by atoms with Crippen LogP contribution in [-0.4, -0.2) is 34.8 Å². The van der Waals surface area contributed by atoms with Gasteiger partial charge in [0.2, 0.25) is 0 Å². The molecule has 3 atom stereocenters. The molecule has 0 radical (unpaired) electrons. The molecule has 0 spiro atoms. The highest BCUT2D eigenvalue weighted by Gasteiger charge is 2.43. The highest BCUT2D eigenvalue weighted by Crippen LogP contribution is 2.43. The van der Waals surface area contributed by atoms with Crippen molar-refractivity contribution in [2.45, 2.75) is 50.7 Å². The third-order valence-corrected chi connectivity index (χ3v) is 3.98. The molecular weight excluding hydrogens is 282 g/mol. The minimum atomic E-state index is -2.84. The van der Waals surface area contributed by atoms with Crippen LogP contribution in [0.5, 0.6) is 0 Å². The molecule has 0 saturated carbocycles. The number of esters is 1. The first-order valence-electron chi connectivity index (χ1n) is 7.07. The number of rotatable bonds is 4. The fraction of sp³-hybridized carbons (Fsp3) is 0.643. The smallest absolute Gasteiger partial charge is 0.341 e. The Morgan fingerprint density at radius 2 is 2.33 bits per heavy atom. The average molecular weight is 298 g/mol. The molecule has 1 aromatic heterocycles. The van der Waals surface area contributed by atoms with E-state index < -0.39 is 18.1 Å². The molecule has 2 bridgehead atoms. The van der Waals surface area contributed by atoms with Crippen LogP contribution in [-0.2, 0) is 9.47 Å². The molecule has 2 saturated heterocycles. The van der Waals surface area contributed by atoms with Gasteiger partial charge in [0.05, 0.1) is 18.8 Å². The van der Waals surface area contributed by atoms with E-state index in [0.717, 1.165) is 25.5 Å². The lowest BCUT2D eigenvalue weighted by Crippen LogP contribution is -2.20. The highest BCUT2D eigenvalue weighted by atomic mass is 19.3. The second-order valence-electron chi connectivity index (χ2n) is 5.26. The maximum absolute atomic E-state index is 13.2. The van der Waals surface area contributed by atoms with Crippen molar-refractivity contribution in [2.75, 3.05) is 6.61 Å². The van der Waals surface area contributed by atoms with Crippen molar-refractivity contribution < 1.29 is 23.0 Å². The van der Waals surface area contributed by atoms with Crippen LogP contribution in [0.4, 0.5) is 8.78 Å². The van der Waals surface area contributed by atoms with Gasteiger partial charge in [0.1, 0.15) is 17.1 Å².